The molecule has 0 radical (unpaired) electrons. The molecule has 3 aromatic rings. The predicted molar refractivity (Wildman–Crippen MR) is 125 cm³/mol. The van der Waals surface area contributed by atoms with Crippen molar-refractivity contribution in [2.75, 3.05) is 18.5 Å². The average Bonchev–Trinajstić information content (AvgIpc) is 2.73. The smallest absolute Gasteiger partial charge is 0.261 e. The van der Waals surface area contributed by atoms with Gasteiger partial charge >= 0.3 is 0 Å². The number of ether oxygens (including phenoxy) is 1. The molecule has 0 aliphatic carbocycles. The maximum Gasteiger partial charge on any atom is 0.261 e. The van der Waals surface area contributed by atoms with Gasteiger partial charge in [-0.15, -0.1) is 0 Å². The summed E-state index contributed by atoms with van der Waals surface area (Å²) in [7, 11) is 1.81. The molecule has 31 heavy (non-hydrogen) atoms. The van der Waals surface area contributed by atoms with Gasteiger partial charge < -0.3 is 10.1 Å². The molecule has 1 N–H and O–H groups in total. The van der Waals surface area contributed by atoms with Crippen LogP contribution < -0.4 is 10.9 Å². The minimum atomic E-state index is -0.300. The van der Waals surface area contributed by atoms with Gasteiger partial charge in [0.15, 0.2) is 0 Å². The van der Waals surface area contributed by atoms with Crippen molar-refractivity contribution >= 4 is 32.5 Å². The van der Waals surface area contributed by atoms with Gasteiger partial charge in [0.25, 0.3) is 5.56 Å². The Labute approximate surface area is 189 Å². The molecule has 1 atom stereocenters. The lowest BCUT2D eigenvalue weighted by Crippen LogP contribution is -2.38. The maximum atomic E-state index is 13.5. The second-order valence-corrected chi connectivity index (χ2v) is 9.57. The highest BCUT2D eigenvalue weighted by atomic mass is 79.9. The lowest BCUT2D eigenvalue weighted by atomic mass is 9.81. The summed E-state index contributed by atoms with van der Waals surface area (Å²) in [6, 6.07) is 8.40. The maximum absolute atomic E-state index is 13.5. The van der Waals surface area contributed by atoms with E-state index in [2.05, 4.69) is 34.2 Å². The lowest BCUT2D eigenvalue weighted by Gasteiger charge is -2.34. The average molecular weight is 488 g/mol. The molecule has 2 heterocycles. The number of hydrogen-bond donors (Lipinski definition) is 1. The highest BCUT2D eigenvalue weighted by Crippen LogP contribution is 2.35. The largest absolute Gasteiger partial charge is 0.381 e. The molecule has 2 aromatic carbocycles. The van der Waals surface area contributed by atoms with Crippen molar-refractivity contribution in [1.82, 2.24) is 9.55 Å². The van der Waals surface area contributed by atoms with Crippen molar-refractivity contribution in [3.8, 4) is 0 Å². The molecule has 5 nitrogen and oxygen atoms in total. The fourth-order valence-electron chi connectivity index (χ4n) is 4.39. The van der Waals surface area contributed by atoms with Gasteiger partial charge in [-0.25, -0.2) is 9.37 Å². The van der Waals surface area contributed by atoms with E-state index in [9.17, 15) is 9.18 Å². The van der Waals surface area contributed by atoms with Gasteiger partial charge in [0.2, 0.25) is 0 Å². The molecule has 0 unspecified atom stereocenters. The third-order valence-electron chi connectivity index (χ3n) is 6.26. The number of hydrogen-bond acceptors (Lipinski definition) is 4. The van der Waals surface area contributed by atoms with Crippen LogP contribution in [0.5, 0.6) is 0 Å². The van der Waals surface area contributed by atoms with Gasteiger partial charge in [0.05, 0.1) is 16.9 Å². The minimum Gasteiger partial charge on any atom is -0.381 e. The van der Waals surface area contributed by atoms with Crippen LogP contribution in [0.15, 0.2) is 39.6 Å². The second kappa shape index (κ2) is 8.36. The van der Waals surface area contributed by atoms with E-state index >= 15 is 0 Å². The van der Waals surface area contributed by atoms with E-state index in [1.807, 2.05) is 27.0 Å². The monoisotopic (exact) mass is 487 g/mol. The van der Waals surface area contributed by atoms with E-state index in [1.54, 1.807) is 10.6 Å². The Bertz CT molecular complexity index is 1200. The van der Waals surface area contributed by atoms with Gasteiger partial charge in [0.1, 0.15) is 11.6 Å². The van der Waals surface area contributed by atoms with Gasteiger partial charge in [-0.2, -0.15) is 0 Å². The number of benzene rings is 2. The van der Waals surface area contributed by atoms with Crippen LogP contribution in [0, 0.1) is 12.7 Å². The number of fused-ring (bicyclic) bond motifs is 1. The van der Waals surface area contributed by atoms with E-state index < -0.39 is 0 Å². The van der Waals surface area contributed by atoms with Crippen molar-refractivity contribution in [2.45, 2.75) is 45.1 Å². The first-order valence-corrected chi connectivity index (χ1v) is 11.3. The molecule has 4 rings (SSSR count). The molecule has 0 saturated carbocycles. The molecule has 1 aliphatic heterocycles. The number of nitrogens with one attached hydrogen (secondary N) is 1. The summed E-state index contributed by atoms with van der Waals surface area (Å²) in [5.41, 5.74) is 3.20. The number of anilines is 1. The first-order valence-electron chi connectivity index (χ1n) is 10.5. The Morgan fingerprint density at radius 1 is 1.26 bits per heavy atom. The molecule has 164 valence electrons. The normalized spacial score (nSPS) is 17.0. The van der Waals surface area contributed by atoms with Crippen molar-refractivity contribution in [3.63, 3.8) is 0 Å². The number of aryl methyl sites for hydroxylation is 1. The van der Waals surface area contributed by atoms with Crippen LogP contribution in [0.4, 0.5) is 10.1 Å². The summed E-state index contributed by atoms with van der Waals surface area (Å²) in [6.45, 7) is 7.51. The SMILES string of the molecule is Cc1cc([C@@H](C)Nc2ccc(F)cc2Br)c2nc(C3(C)CCOCC3)n(C)c(=O)c2c1. The summed E-state index contributed by atoms with van der Waals surface area (Å²) in [4.78, 5) is 18.4. The molecule has 0 spiro atoms. The van der Waals surface area contributed by atoms with E-state index in [1.165, 1.54) is 12.1 Å². The summed E-state index contributed by atoms with van der Waals surface area (Å²) in [6.07, 6.45) is 1.66. The second-order valence-electron chi connectivity index (χ2n) is 8.71. The Morgan fingerprint density at radius 2 is 1.97 bits per heavy atom. The van der Waals surface area contributed by atoms with Crippen LogP contribution in [-0.2, 0) is 17.2 Å². The molecule has 1 aromatic heterocycles. The molecule has 1 saturated heterocycles. The summed E-state index contributed by atoms with van der Waals surface area (Å²) >= 11 is 3.42. The zero-order valence-corrected chi connectivity index (χ0v) is 19.8. The Kier molecular flexibility index (Phi) is 5.92. The Morgan fingerprint density at radius 3 is 2.65 bits per heavy atom. The Balaban J connectivity index is 1.85. The van der Waals surface area contributed by atoms with Crippen LogP contribution in [0.1, 0.15) is 49.7 Å². The standard InChI is InChI=1S/C24H27BrFN3O2/c1-14-11-17(15(2)27-20-6-5-16(26)13-19(20)25)21-18(12-14)22(30)29(4)23(28-21)24(3)7-9-31-10-8-24/h5-6,11-13,15,27H,7-10H2,1-4H3/t15-/m1/s1. The van der Waals surface area contributed by atoms with Crippen molar-refractivity contribution in [3.05, 3.63) is 67.9 Å². The van der Waals surface area contributed by atoms with Crippen molar-refractivity contribution in [2.24, 2.45) is 7.05 Å². The van der Waals surface area contributed by atoms with E-state index in [-0.39, 0.29) is 22.8 Å². The topological polar surface area (TPSA) is 56.2 Å². The fraction of sp³-hybridized carbons (Fsp3) is 0.417. The molecule has 0 bridgehead atoms. The molecule has 0 amide bonds. The highest BCUT2D eigenvalue weighted by molar-refractivity contribution is 9.10. The Hall–Kier alpha value is -2.25. The highest BCUT2D eigenvalue weighted by Gasteiger charge is 2.34. The van der Waals surface area contributed by atoms with Crippen LogP contribution >= 0.6 is 15.9 Å². The molecular formula is C24H27BrFN3O2. The minimum absolute atomic E-state index is 0.0344. The van der Waals surface area contributed by atoms with Crippen molar-refractivity contribution < 1.29 is 9.13 Å². The van der Waals surface area contributed by atoms with Crippen LogP contribution in [0.25, 0.3) is 10.9 Å². The number of aromatic nitrogens is 2. The first-order chi connectivity index (χ1) is 14.7. The van der Waals surface area contributed by atoms with Crippen LogP contribution in [0.3, 0.4) is 0 Å². The third kappa shape index (κ3) is 4.13. The molecule has 7 heteroatoms. The van der Waals surface area contributed by atoms with E-state index in [4.69, 9.17) is 9.72 Å². The molecule has 1 aliphatic rings. The number of nitrogens with zero attached hydrogens (tertiary/aromatic N) is 2. The molecule has 1 fully saturated rings. The van der Waals surface area contributed by atoms with E-state index in [0.29, 0.717) is 23.1 Å². The zero-order chi connectivity index (χ0) is 22.3. The van der Waals surface area contributed by atoms with E-state index in [0.717, 1.165) is 41.0 Å². The van der Waals surface area contributed by atoms with Gasteiger partial charge in [-0.3, -0.25) is 9.36 Å². The number of rotatable bonds is 4. The summed E-state index contributed by atoms with van der Waals surface area (Å²) in [5.74, 6) is 0.499. The summed E-state index contributed by atoms with van der Waals surface area (Å²) < 4.78 is 21.4. The fourth-order valence-corrected chi connectivity index (χ4v) is 4.85. The first kappa shape index (κ1) is 22.0. The lowest BCUT2D eigenvalue weighted by molar-refractivity contribution is 0.0523. The third-order valence-corrected chi connectivity index (χ3v) is 6.92. The van der Waals surface area contributed by atoms with Crippen LogP contribution in [-0.4, -0.2) is 22.8 Å². The summed E-state index contributed by atoms with van der Waals surface area (Å²) in [5, 5.41) is 4.05. The predicted octanol–water partition coefficient (Wildman–Crippen LogP) is 5.38. The van der Waals surface area contributed by atoms with Gasteiger partial charge in [-0.1, -0.05) is 13.0 Å². The van der Waals surface area contributed by atoms with Crippen molar-refractivity contribution in [1.29, 1.82) is 0 Å². The molecular weight excluding hydrogens is 461 g/mol. The van der Waals surface area contributed by atoms with Crippen LogP contribution in [0.2, 0.25) is 0 Å². The van der Waals surface area contributed by atoms with Gasteiger partial charge in [0, 0.05) is 41.4 Å². The van der Waals surface area contributed by atoms with Gasteiger partial charge in [-0.05, 0) is 72.4 Å². The quantitative estimate of drug-likeness (QED) is 0.536. The number of halogens is 2. The zero-order valence-electron chi connectivity index (χ0n) is 18.3.